The molecule has 1 aromatic rings. The molecule has 0 spiro atoms. The highest BCUT2D eigenvalue weighted by atomic mass is 16.6. The van der Waals surface area contributed by atoms with Gasteiger partial charge in [-0.05, 0) is 18.1 Å². The van der Waals surface area contributed by atoms with Crippen molar-refractivity contribution in [1.82, 2.24) is 4.98 Å². The number of aryl methyl sites for hydroxylation is 1. The molecular weight excluding hydrogens is 190 g/mol. The van der Waals surface area contributed by atoms with Crippen molar-refractivity contribution < 1.29 is 9.47 Å². The Labute approximate surface area is 91.4 Å². The van der Waals surface area contributed by atoms with E-state index in [4.69, 9.17) is 9.47 Å². The van der Waals surface area contributed by atoms with E-state index in [-0.39, 0.29) is 0 Å². The van der Waals surface area contributed by atoms with Crippen LogP contribution in [0.3, 0.4) is 0 Å². The molecule has 0 saturated carbocycles. The largest absolute Gasteiger partial charge is 0.484 e. The molecule has 1 aliphatic rings. The summed E-state index contributed by atoms with van der Waals surface area (Å²) in [6, 6.07) is 1.99. The van der Waals surface area contributed by atoms with Gasteiger partial charge in [-0.3, -0.25) is 0 Å². The molecule has 0 fully saturated rings. The maximum Gasteiger partial charge on any atom is 0.257 e. The lowest BCUT2D eigenvalue weighted by Crippen LogP contribution is -2.16. The number of aromatic nitrogens is 1. The second-order valence-corrected chi connectivity index (χ2v) is 3.40. The minimum Gasteiger partial charge on any atom is -0.484 e. The van der Waals surface area contributed by atoms with E-state index in [9.17, 15) is 0 Å². The summed E-state index contributed by atoms with van der Waals surface area (Å²) in [5.41, 5.74) is 1.18. The first-order valence-electron chi connectivity index (χ1n) is 5.56. The highest BCUT2D eigenvalue weighted by molar-refractivity contribution is 5.37. The highest BCUT2D eigenvalue weighted by Gasteiger charge is 2.12. The summed E-state index contributed by atoms with van der Waals surface area (Å²) in [5.74, 6) is 1.40. The zero-order chi connectivity index (χ0) is 11.1. The fourth-order valence-electron chi connectivity index (χ4n) is 1.17. The Bertz CT molecular complexity index is 300. The molecule has 15 heavy (non-hydrogen) atoms. The van der Waals surface area contributed by atoms with Gasteiger partial charge in [0.05, 0.1) is 0 Å². The Morgan fingerprint density at radius 1 is 1.20 bits per heavy atom. The summed E-state index contributed by atoms with van der Waals surface area (Å²) < 4.78 is 10.7. The molecule has 1 aromatic heterocycles. The van der Waals surface area contributed by atoms with Gasteiger partial charge in [-0.1, -0.05) is 27.2 Å². The quantitative estimate of drug-likeness (QED) is 0.712. The van der Waals surface area contributed by atoms with Gasteiger partial charge in [-0.2, -0.15) is 0 Å². The first-order chi connectivity index (χ1) is 7.31. The van der Waals surface area contributed by atoms with Crippen molar-refractivity contribution in [2.45, 2.75) is 33.6 Å². The van der Waals surface area contributed by atoms with E-state index in [1.54, 1.807) is 0 Å². The van der Waals surface area contributed by atoms with Gasteiger partial charge in [0.1, 0.15) is 13.2 Å². The molecule has 2 heterocycles. The van der Waals surface area contributed by atoms with Gasteiger partial charge in [0, 0.05) is 6.20 Å². The van der Waals surface area contributed by atoms with Crippen LogP contribution in [0.15, 0.2) is 12.3 Å². The summed E-state index contributed by atoms with van der Waals surface area (Å²) in [6.45, 7) is 7.57. The standard InChI is InChI=1S/C9H11NO2.C3H8/c1-2-7-5-8-9(10-6-7)12-4-3-11-8;1-3-2/h5-6H,2-4H2,1H3;3H2,1-2H3. The topological polar surface area (TPSA) is 31.4 Å². The Morgan fingerprint density at radius 2 is 1.87 bits per heavy atom. The van der Waals surface area contributed by atoms with Crippen molar-refractivity contribution in [2.24, 2.45) is 0 Å². The SMILES string of the molecule is CCC.CCc1cnc2c(c1)OCCO2. The number of ether oxygens (including phenoxy) is 2. The minimum atomic E-state index is 0.603. The van der Waals surface area contributed by atoms with Crippen LogP contribution in [0.25, 0.3) is 0 Å². The van der Waals surface area contributed by atoms with E-state index in [0.717, 1.165) is 12.2 Å². The van der Waals surface area contributed by atoms with Gasteiger partial charge < -0.3 is 9.47 Å². The molecule has 3 nitrogen and oxygen atoms in total. The van der Waals surface area contributed by atoms with Crippen LogP contribution in [-0.2, 0) is 6.42 Å². The van der Waals surface area contributed by atoms with Gasteiger partial charge in [-0.15, -0.1) is 0 Å². The van der Waals surface area contributed by atoms with Crippen LogP contribution in [-0.4, -0.2) is 18.2 Å². The van der Waals surface area contributed by atoms with E-state index in [0.29, 0.717) is 19.1 Å². The third-order valence-electron chi connectivity index (χ3n) is 1.86. The summed E-state index contributed by atoms with van der Waals surface area (Å²) >= 11 is 0. The lowest BCUT2D eigenvalue weighted by Gasteiger charge is -2.17. The van der Waals surface area contributed by atoms with Gasteiger partial charge in [0.15, 0.2) is 5.75 Å². The molecule has 0 radical (unpaired) electrons. The molecule has 0 aliphatic carbocycles. The molecule has 0 N–H and O–H groups in total. The third-order valence-corrected chi connectivity index (χ3v) is 1.86. The summed E-state index contributed by atoms with van der Waals surface area (Å²) in [5, 5.41) is 0. The number of pyridine rings is 1. The minimum absolute atomic E-state index is 0.603. The molecule has 0 aromatic carbocycles. The van der Waals surface area contributed by atoms with Crippen molar-refractivity contribution in [3.05, 3.63) is 17.8 Å². The Balaban J connectivity index is 0.000000337. The fraction of sp³-hybridized carbons (Fsp3) is 0.583. The van der Waals surface area contributed by atoms with Crippen molar-refractivity contribution in [1.29, 1.82) is 0 Å². The predicted molar refractivity (Wildman–Crippen MR) is 60.6 cm³/mol. The molecule has 0 bridgehead atoms. The molecule has 0 atom stereocenters. The third kappa shape index (κ3) is 3.42. The molecule has 0 amide bonds. The maximum absolute atomic E-state index is 5.38. The molecule has 0 saturated heterocycles. The normalized spacial score (nSPS) is 12.7. The van der Waals surface area contributed by atoms with E-state index in [1.165, 1.54) is 12.0 Å². The van der Waals surface area contributed by atoms with Gasteiger partial charge in [0.2, 0.25) is 0 Å². The van der Waals surface area contributed by atoms with E-state index >= 15 is 0 Å². The predicted octanol–water partition coefficient (Wildman–Crippen LogP) is 2.83. The van der Waals surface area contributed by atoms with Crippen LogP contribution < -0.4 is 9.47 Å². The Morgan fingerprint density at radius 3 is 2.53 bits per heavy atom. The van der Waals surface area contributed by atoms with Crippen LogP contribution in [0, 0.1) is 0 Å². The Kier molecular flexibility index (Phi) is 4.95. The lowest BCUT2D eigenvalue weighted by molar-refractivity contribution is 0.164. The van der Waals surface area contributed by atoms with Gasteiger partial charge in [-0.25, -0.2) is 4.98 Å². The number of hydrogen-bond donors (Lipinski definition) is 0. The molecule has 84 valence electrons. The number of rotatable bonds is 1. The monoisotopic (exact) mass is 209 g/mol. The van der Waals surface area contributed by atoms with Crippen LogP contribution >= 0.6 is 0 Å². The second kappa shape index (κ2) is 6.27. The molecular formula is C12H19NO2. The fourth-order valence-corrected chi connectivity index (χ4v) is 1.17. The number of hydrogen-bond acceptors (Lipinski definition) is 3. The molecule has 1 aliphatic heterocycles. The van der Waals surface area contributed by atoms with Crippen molar-refractivity contribution >= 4 is 0 Å². The highest BCUT2D eigenvalue weighted by Crippen LogP contribution is 2.27. The van der Waals surface area contributed by atoms with Crippen LogP contribution in [0.2, 0.25) is 0 Å². The zero-order valence-corrected chi connectivity index (χ0v) is 9.75. The summed E-state index contributed by atoms with van der Waals surface area (Å²) in [6.07, 6.45) is 4.05. The van der Waals surface area contributed by atoms with E-state index in [1.807, 2.05) is 12.3 Å². The molecule has 3 heteroatoms. The molecule has 2 rings (SSSR count). The molecule has 0 unspecified atom stereocenters. The zero-order valence-electron chi connectivity index (χ0n) is 9.75. The summed E-state index contributed by atoms with van der Waals surface area (Å²) in [7, 11) is 0. The number of nitrogens with zero attached hydrogens (tertiary/aromatic N) is 1. The number of fused-ring (bicyclic) bond motifs is 1. The average Bonchev–Trinajstić information content (AvgIpc) is 2.29. The van der Waals surface area contributed by atoms with Crippen molar-refractivity contribution in [3.8, 4) is 11.6 Å². The van der Waals surface area contributed by atoms with Crippen LogP contribution in [0.5, 0.6) is 11.6 Å². The first kappa shape index (κ1) is 11.8. The van der Waals surface area contributed by atoms with Crippen molar-refractivity contribution in [2.75, 3.05) is 13.2 Å². The average molecular weight is 209 g/mol. The van der Waals surface area contributed by atoms with Gasteiger partial charge in [0.25, 0.3) is 5.88 Å². The van der Waals surface area contributed by atoms with Gasteiger partial charge >= 0.3 is 0 Å². The Hall–Kier alpha value is -1.25. The second-order valence-electron chi connectivity index (χ2n) is 3.40. The first-order valence-corrected chi connectivity index (χ1v) is 5.56. The van der Waals surface area contributed by atoms with Crippen LogP contribution in [0.4, 0.5) is 0 Å². The maximum atomic E-state index is 5.38. The summed E-state index contributed by atoms with van der Waals surface area (Å²) in [4.78, 5) is 4.14. The van der Waals surface area contributed by atoms with Crippen molar-refractivity contribution in [3.63, 3.8) is 0 Å². The lowest BCUT2D eigenvalue weighted by atomic mass is 10.2. The van der Waals surface area contributed by atoms with E-state index < -0.39 is 0 Å². The smallest absolute Gasteiger partial charge is 0.257 e. The van der Waals surface area contributed by atoms with Crippen LogP contribution in [0.1, 0.15) is 32.8 Å². The van der Waals surface area contributed by atoms with E-state index in [2.05, 4.69) is 25.8 Å².